The number of hydrogen-bond donors (Lipinski definition) is 1. The van der Waals surface area contributed by atoms with E-state index in [1.807, 2.05) is 11.1 Å². The van der Waals surface area contributed by atoms with Crippen LogP contribution in [0.4, 0.5) is 5.82 Å². The first-order chi connectivity index (χ1) is 18.2. The first-order valence-electron chi connectivity index (χ1n) is 13.8. The number of aromatic nitrogens is 3. The van der Waals surface area contributed by atoms with Crippen LogP contribution in [-0.4, -0.2) is 51.7 Å². The van der Waals surface area contributed by atoms with Gasteiger partial charge in [0.2, 0.25) is 5.91 Å². The zero-order valence-electron chi connectivity index (χ0n) is 22.6. The van der Waals surface area contributed by atoms with Gasteiger partial charge in [-0.1, -0.05) is 26.5 Å². The lowest BCUT2D eigenvalue weighted by atomic mass is 9.48. The molecule has 4 heterocycles. The van der Waals surface area contributed by atoms with E-state index >= 15 is 0 Å². The van der Waals surface area contributed by atoms with Gasteiger partial charge in [0.05, 0.1) is 17.4 Å². The zero-order chi connectivity index (χ0) is 26.6. The van der Waals surface area contributed by atoms with Gasteiger partial charge in [-0.2, -0.15) is 10.4 Å². The number of fused-ring (bicyclic) bond motifs is 1. The van der Waals surface area contributed by atoms with Crippen LogP contribution in [-0.2, 0) is 11.2 Å². The molecule has 194 valence electrons. The molecule has 1 saturated carbocycles. The quantitative estimate of drug-likeness (QED) is 0.499. The Labute approximate surface area is 223 Å². The summed E-state index contributed by atoms with van der Waals surface area (Å²) in [7, 11) is 0. The van der Waals surface area contributed by atoms with Gasteiger partial charge in [0, 0.05) is 48.0 Å². The van der Waals surface area contributed by atoms with E-state index in [1.165, 1.54) is 23.8 Å². The van der Waals surface area contributed by atoms with Crippen LogP contribution in [0.25, 0.3) is 22.0 Å². The summed E-state index contributed by atoms with van der Waals surface area (Å²) in [4.78, 5) is 21.8. The number of benzene rings is 1. The van der Waals surface area contributed by atoms with E-state index in [4.69, 9.17) is 4.98 Å². The number of carbonyl (C=O) groups excluding carboxylic acids is 1. The highest BCUT2D eigenvalue weighted by molar-refractivity contribution is 6.00. The topological polar surface area (TPSA) is 88.9 Å². The van der Waals surface area contributed by atoms with Gasteiger partial charge in [-0.05, 0) is 73.3 Å². The minimum atomic E-state index is -0.00127. The van der Waals surface area contributed by atoms with Crippen molar-refractivity contribution in [1.29, 1.82) is 5.26 Å². The Bertz CT molecular complexity index is 1570. The van der Waals surface area contributed by atoms with E-state index in [2.05, 4.69) is 67.6 Å². The molecular formula is C31H34N6O. The molecule has 38 heavy (non-hydrogen) atoms. The number of nitrogens with zero attached hydrogens (tertiary/aromatic N) is 5. The van der Waals surface area contributed by atoms with Crippen LogP contribution in [0.1, 0.15) is 61.9 Å². The molecule has 7 heteroatoms. The molecule has 2 aliphatic heterocycles. The van der Waals surface area contributed by atoms with Crippen molar-refractivity contribution in [3.05, 3.63) is 53.4 Å². The predicted octanol–water partition coefficient (Wildman–Crippen LogP) is 5.10. The van der Waals surface area contributed by atoms with Crippen LogP contribution in [0.5, 0.6) is 0 Å². The zero-order valence-corrected chi connectivity index (χ0v) is 22.6. The molecule has 2 aromatic heterocycles. The normalized spacial score (nSPS) is 26.0. The lowest BCUT2D eigenvalue weighted by Crippen LogP contribution is -2.62. The highest BCUT2D eigenvalue weighted by Gasteiger charge is 2.56. The maximum atomic E-state index is 12.2. The van der Waals surface area contributed by atoms with Gasteiger partial charge in [0.25, 0.3) is 0 Å². The van der Waals surface area contributed by atoms with Gasteiger partial charge in [0.1, 0.15) is 17.5 Å². The summed E-state index contributed by atoms with van der Waals surface area (Å²) in [6, 6.07) is 7.01. The Hall–Kier alpha value is -3.66. The number of hydrogen-bond acceptors (Lipinski definition) is 5. The third-order valence-electron chi connectivity index (χ3n) is 10.7. The Morgan fingerprint density at radius 1 is 1.29 bits per heavy atom. The van der Waals surface area contributed by atoms with E-state index in [0.717, 1.165) is 65.9 Å². The number of aromatic amines is 1. The summed E-state index contributed by atoms with van der Waals surface area (Å²) in [5, 5.41) is 19.3. The molecule has 5 aliphatic rings. The molecule has 2 bridgehead atoms. The summed E-state index contributed by atoms with van der Waals surface area (Å²) in [6.07, 6.45) is 6.42. The largest absolute Gasteiger partial charge is 0.352 e. The van der Waals surface area contributed by atoms with Crippen LogP contribution in [0.3, 0.4) is 0 Å². The molecule has 2 saturated heterocycles. The van der Waals surface area contributed by atoms with Crippen LogP contribution >= 0.6 is 0 Å². The number of nitriles is 1. The lowest BCUT2D eigenvalue weighted by molar-refractivity contribution is -0.138. The third kappa shape index (κ3) is 2.86. The van der Waals surface area contributed by atoms with Crippen molar-refractivity contribution < 1.29 is 4.79 Å². The number of pyridine rings is 1. The molecule has 3 aliphatic carbocycles. The molecule has 3 atom stereocenters. The van der Waals surface area contributed by atoms with E-state index in [9.17, 15) is 10.1 Å². The minimum absolute atomic E-state index is 0.00127. The summed E-state index contributed by atoms with van der Waals surface area (Å²) < 4.78 is 0. The minimum Gasteiger partial charge on any atom is -0.352 e. The molecule has 3 fully saturated rings. The van der Waals surface area contributed by atoms with Crippen LogP contribution < -0.4 is 4.90 Å². The fourth-order valence-corrected chi connectivity index (χ4v) is 8.03. The van der Waals surface area contributed by atoms with Crippen molar-refractivity contribution >= 4 is 22.6 Å². The average Bonchev–Trinajstić information content (AvgIpc) is 3.50. The highest BCUT2D eigenvalue weighted by Crippen LogP contribution is 2.63. The molecule has 3 aromatic rings. The summed E-state index contributed by atoms with van der Waals surface area (Å²) in [5.41, 5.74) is 7.69. The Morgan fingerprint density at radius 3 is 2.79 bits per heavy atom. The van der Waals surface area contributed by atoms with Gasteiger partial charge in [-0.25, -0.2) is 4.98 Å². The molecule has 1 N–H and O–H groups in total. The van der Waals surface area contributed by atoms with Crippen LogP contribution in [0.15, 0.2) is 31.0 Å². The van der Waals surface area contributed by atoms with E-state index in [1.54, 1.807) is 0 Å². The molecule has 1 aromatic carbocycles. The highest BCUT2D eigenvalue weighted by atomic mass is 16.2. The van der Waals surface area contributed by atoms with Crippen molar-refractivity contribution in [2.24, 2.45) is 16.7 Å². The van der Waals surface area contributed by atoms with Crippen molar-refractivity contribution in [1.82, 2.24) is 20.1 Å². The predicted molar refractivity (Wildman–Crippen MR) is 148 cm³/mol. The number of rotatable bonds is 3. The molecular weight excluding hydrogens is 472 g/mol. The number of anilines is 1. The summed E-state index contributed by atoms with van der Waals surface area (Å²) in [5.74, 6) is 1.83. The second-order valence-corrected chi connectivity index (χ2v) is 12.6. The Balaban J connectivity index is 1.42. The number of nitrogens with one attached hydrogen (secondary N) is 1. The number of aryl methyl sites for hydroxylation is 1. The fourth-order valence-electron chi connectivity index (χ4n) is 8.03. The van der Waals surface area contributed by atoms with E-state index < -0.39 is 0 Å². The van der Waals surface area contributed by atoms with E-state index in [-0.39, 0.29) is 22.8 Å². The summed E-state index contributed by atoms with van der Waals surface area (Å²) in [6.45, 7) is 15.1. The van der Waals surface area contributed by atoms with Gasteiger partial charge < -0.3 is 9.80 Å². The van der Waals surface area contributed by atoms with Gasteiger partial charge in [0.15, 0.2) is 0 Å². The van der Waals surface area contributed by atoms with Crippen molar-refractivity contribution in [3.63, 3.8) is 0 Å². The Morgan fingerprint density at radius 2 is 2.08 bits per heavy atom. The SMILES string of the molecule is C=CC(=O)N1CC2(CCN(c3nc4c(c(-c5c(C)ccc6[nH]ncc56)c3C#N)C[C@H]3C[C@@H]4C3(C)C)[C@@H]2C)C1. The average molecular weight is 507 g/mol. The molecule has 7 nitrogen and oxygen atoms in total. The molecule has 1 spiro atoms. The molecule has 0 radical (unpaired) electrons. The van der Waals surface area contributed by atoms with Crippen LogP contribution in [0.2, 0.25) is 0 Å². The Kier molecular flexibility index (Phi) is 4.75. The number of carbonyl (C=O) groups is 1. The maximum Gasteiger partial charge on any atom is 0.245 e. The van der Waals surface area contributed by atoms with Crippen LogP contribution in [0, 0.1) is 35.0 Å². The molecule has 0 unspecified atom stereocenters. The maximum absolute atomic E-state index is 12.2. The summed E-state index contributed by atoms with van der Waals surface area (Å²) >= 11 is 0. The monoisotopic (exact) mass is 506 g/mol. The lowest BCUT2D eigenvalue weighted by Gasteiger charge is -2.57. The van der Waals surface area contributed by atoms with E-state index in [0.29, 0.717) is 17.4 Å². The first kappa shape index (κ1) is 23.5. The van der Waals surface area contributed by atoms with Crippen molar-refractivity contribution in [2.75, 3.05) is 24.5 Å². The molecule has 1 amide bonds. The fraction of sp³-hybridized carbons (Fsp3) is 0.484. The van der Waals surface area contributed by atoms with Gasteiger partial charge >= 0.3 is 0 Å². The van der Waals surface area contributed by atoms with Gasteiger partial charge in [-0.3, -0.25) is 9.89 Å². The number of H-pyrrole nitrogens is 1. The van der Waals surface area contributed by atoms with Crippen molar-refractivity contribution in [3.8, 4) is 17.2 Å². The number of likely N-dealkylation sites (tertiary alicyclic amines) is 1. The third-order valence-corrected chi connectivity index (χ3v) is 10.7. The first-order valence-corrected chi connectivity index (χ1v) is 13.8. The molecule has 8 rings (SSSR count). The number of amides is 1. The second-order valence-electron chi connectivity index (χ2n) is 12.6. The van der Waals surface area contributed by atoms with Crippen molar-refractivity contribution in [2.45, 2.75) is 58.9 Å². The standard InChI is InChI=1S/C31H34N6O/c1-6-25(38)36-15-31(16-36)9-10-37(18(31)3)29-21(13-32)27(26-17(2)7-8-24-22(26)14-33-35-24)20-11-19-12-23(28(20)34-29)30(19,4)5/h6-8,14,18-19,23H,1,9-12,15-16H2,2-5H3,(H,33,35)/t18-,19+,23+/m1/s1. The second kappa shape index (κ2) is 7.69. The van der Waals surface area contributed by atoms with Gasteiger partial charge in [-0.15, -0.1) is 0 Å². The smallest absolute Gasteiger partial charge is 0.245 e.